The number of nitrogens with one attached hydrogen (secondary N) is 2. The summed E-state index contributed by atoms with van der Waals surface area (Å²) in [7, 11) is -0.880. The van der Waals surface area contributed by atoms with Crippen LogP contribution >= 0.6 is 0 Å². The zero-order valence-electron chi connectivity index (χ0n) is 11.1. The van der Waals surface area contributed by atoms with E-state index in [9.17, 15) is 21.6 Å². The second-order valence-corrected chi connectivity index (χ2v) is 5.92. The second-order valence-electron chi connectivity index (χ2n) is 4.14. The maximum Gasteiger partial charge on any atom is 0.301 e. The van der Waals surface area contributed by atoms with Gasteiger partial charge in [0.05, 0.1) is 5.69 Å². The molecule has 2 N–H and O–H groups in total. The molecule has 114 valence electrons. The van der Waals surface area contributed by atoms with E-state index in [4.69, 9.17) is 0 Å². The standard InChI is InChI=1S/C11H16F3N3O2S/c1-15-4-3-5-17(2)20(18,19)16-8-6-9(12)11(14)10(13)7-8/h6-7,15-16H,3-5H2,1-2H3. The zero-order valence-corrected chi connectivity index (χ0v) is 11.9. The maximum absolute atomic E-state index is 13.0. The highest BCUT2D eigenvalue weighted by atomic mass is 32.2. The molecule has 0 aromatic heterocycles. The summed E-state index contributed by atoms with van der Waals surface area (Å²) in [6, 6.07) is 1.16. The highest BCUT2D eigenvalue weighted by Crippen LogP contribution is 2.18. The smallest absolute Gasteiger partial charge is 0.301 e. The lowest BCUT2D eigenvalue weighted by Crippen LogP contribution is -2.34. The molecule has 20 heavy (non-hydrogen) atoms. The van der Waals surface area contributed by atoms with Gasteiger partial charge in [0.2, 0.25) is 0 Å². The molecule has 0 atom stereocenters. The highest BCUT2D eigenvalue weighted by molar-refractivity contribution is 7.90. The molecule has 0 heterocycles. The van der Waals surface area contributed by atoms with Gasteiger partial charge >= 0.3 is 10.2 Å². The Balaban J connectivity index is 2.80. The molecular formula is C11H16F3N3O2S. The minimum absolute atomic E-state index is 0.225. The van der Waals surface area contributed by atoms with Gasteiger partial charge in [-0.05, 0) is 20.0 Å². The van der Waals surface area contributed by atoms with Gasteiger partial charge in [-0.1, -0.05) is 0 Å². The summed E-state index contributed by atoms with van der Waals surface area (Å²) < 4.78 is 65.5. The van der Waals surface area contributed by atoms with E-state index < -0.39 is 27.7 Å². The van der Waals surface area contributed by atoms with Crippen LogP contribution in [0.5, 0.6) is 0 Å². The number of rotatable bonds is 7. The normalized spacial score (nSPS) is 11.9. The summed E-state index contributed by atoms with van der Waals surface area (Å²) in [5, 5.41) is 2.86. The quantitative estimate of drug-likeness (QED) is 0.589. The fourth-order valence-corrected chi connectivity index (χ4v) is 2.38. The molecule has 0 fully saturated rings. The first-order chi connectivity index (χ1) is 9.27. The summed E-state index contributed by atoms with van der Waals surface area (Å²) in [5.41, 5.74) is -0.373. The monoisotopic (exact) mass is 311 g/mol. The Labute approximate surface area is 116 Å². The molecule has 0 radical (unpaired) electrons. The van der Waals surface area contributed by atoms with Crippen molar-refractivity contribution in [2.24, 2.45) is 0 Å². The van der Waals surface area contributed by atoms with E-state index in [0.717, 1.165) is 4.31 Å². The molecular weight excluding hydrogens is 295 g/mol. The fraction of sp³-hybridized carbons (Fsp3) is 0.455. The third kappa shape index (κ3) is 4.36. The average Bonchev–Trinajstić information content (AvgIpc) is 2.35. The molecule has 0 bridgehead atoms. The van der Waals surface area contributed by atoms with Crippen molar-refractivity contribution >= 4 is 15.9 Å². The Morgan fingerprint density at radius 2 is 1.75 bits per heavy atom. The van der Waals surface area contributed by atoms with E-state index in [2.05, 4.69) is 5.32 Å². The van der Waals surface area contributed by atoms with E-state index in [1.54, 1.807) is 7.05 Å². The van der Waals surface area contributed by atoms with E-state index in [1.807, 2.05) is 4.72 Å². The molecule has 1 aromatic carbocycles. The molecule has 9 heteroatoms. The van der Waals surface area contributed by atoms with Gasteiger partial charge in [0.15, 0.2) is 17.5 Å². The SMILES string of the molecule is CNCCCN(C)S(=O)(=O)Nc1cc(F)c(F)c(F)c1. The topological polar surface area (TPSA) is 61.4 Å². The lowest BCUT2D eigenvalue weighted by Gasteiger charge is -2.18. The van der Waals surface area contributed by atoms with Crippen molar-refractivity contribution in [1.82, 2.24) is 9.62 Å². The third-order valence-corrected chi connectivity index (χ3v) is 4.04. The van der Waals surface area contributed by atoms with Crippen LogP contribution in [0.15, 0.2) is 12.1 Å². The van der Waals surface area contributed by atoms with Gasteiger partial charge in [0, 0.05) is 25.7 Å². The van der Waals surface area contributed by atoms with Gasteiger partial charge in [-0.25, -0.2) is 13.2 Å². The minimum Gasteiger partial charge on any atom is -0.320 e. The fourth-order valence-electron chi connectivity index (χ4n) is 1.44. The van der Waals surface area contributed by atoms with Gasteiger partial charge in [0.25, 0.3) is 0 Å². The Kier molecular flexibility index (Phi) is 5.78. The molecule has 0 saturated carbocycles. The number of hydrogen-bond acceptors (Lipinski definition) is 3. The van der Waals surface area contributed by atoms with Crippen molar-refractivity contribution in [2.45, 2.75) is 6.42 Å². The van der Waals surface area contributed by atoms with Crippen LogP contribution in [0.3, 0.4) is 0 Å². The predicted octanol–water partition coefficient (Wildman–Crippen LogP) is 1.30. The van der Waals surface area contributed by atoms with Crippen LogP contribution < -0.4 is 10.0 Å². The van der Waals surface area contributed by atoms with Gasteiger partial charge < -0.3 is 5.32 Å². The summed E-state index contributed by atoms with van der Waals surface area (Å²) in [6.45, 7) is 0.849. The van der Waals surface area contributed by atoms with Crippen molar-refractivity contribution in [2.75, 3.05) is 31.9 Å². The van der Waals surface area contributed by atoms with Crippen molar-refractivity contribution < 1.29 is 21.6 Å². The van der Waals surface area contributed by atoms with Crippen molar-refractivity contribution in [3.8, 4) is 0 Å². The number of anilines is 1. The van der Waals surface area contributed by atoms with Crippen LogP contribution in [-0.4, -0.2) is 39.9 Å². The molecule has 0 saturated heterocycles. The molecule has 0 amide bonds. The summed E-state index contributed by atoms with van der Waals surface area (Å²) in [4.78, 5) is 0. The maximum atomic E-state index is 13.0. The number of hydrogen-bond donors (Lipinski definition) is 2. The zero-order chi connectivity index (χ0) is 15.3. The summed E-state index contributed by atoms with van der Waals surface area (Å²) >= 11 is 0. The lowest BCUT2D eigenvalue weighted by molar-refractivity contribution is 0.447. The van der Waals surface area contributed by atoms with Crippen LogP contribution in [0.1, 0.15) is 6.42 Å². The van der Waals surface area contributed by atoms with Crippen LogP contribution in [0.4, 0.5) is 18.9 Å². The number of halogens is 3. The van der Waals surface area contributed by atoms with Crippen molar-refractivity contribution in [1.29, 1.82) is 0 Å². The predicted molar refractivity (Wildman–Crippen MR) is 70.0 cm³/mol. The van der Waals surface area contributed by atoms with Gasteiger partial charge in [-0.2, -0.15) is 12.7 Å². The van der Waals surface area contributed by atoms with E-state index >= 15 is 0 Å². The lowest BCUT2D eigenvalue weighted by atomic mass is 10.3. The molecule has 0 spiro atoms. The number of benzene rings is 1. The summed E-state index contributed by atoms with van der Waals surface area (Å²) in [5.74, 6) is -4.56. The molecule has 0 aliphatic rings. The van der Waals surface area contributed by atoms with Crippen molar-refractivity contribution in [3.63, 3.8) is 0 Å². The first kappa shape index (κ1) is 16.7. The van der Waals surface area contributed by atoms with Crippen LogP contribution in [-0.2, 0) is 10.2 Å². The van der Waals surface area contributed by atoms with Crippen molar-refractivity contribution in [3.05, 3.63) is 29.6 Å². The minimum atomic E-state index is -3.94. The van der Waals surface area contributed by atoms with E-state index in [0.29, 0.717) is 25.1 Å². The molecule has 5 nitrogen and oxygen atoms in total. The first-order valence-corrected chi connectivity index (χ1v) is 7.25. The van der Waals surface area contributed by atoms with E-state index in [1.165, 1.54) is 7.05 Å². The molecule has 0 unspecified atom stereocenters. The Bertz CT molecular complexity index is 543. The summed E-state index contributed by atoms with van der Waals surface area (Å²) in [6.07, 6.45) is 0.569. The Morgan fingerprint density at radius 3 is 2.25 bits per heavy atom. The van der Waals surface area contributed by atoms with Crippen LogP contribution in [0, 0.1) is 17.5 Å². The Hall–Kier alpha value is -1.32. The average molecular weight is 311 g/mol. The molecule has 1 aromatic rings. The molecule has 0 aliphatic carbocycles. The van der Waals surface area contributed by atoms with Crippen LogP contribution in [0.25, 0.3) is 0 Å². The first-order valence-electron chi connectivity index (χ1n) is 5.81. The van der Waals surface area contributed by atoms with Crippen LogP contribution in [0.2, 0.25) is 0 Å². The van der Waals surface area contributed by atoms with E-state index in [-0.39, 0.29) is 12.2 Å². The van der Waals surface area contributed by atoms with Gasteiger partial charge in [-0.3, -0.25) is 4.72 Å². The van der Waals surface area contributed by atoms with Gasteiger partial charge in [0.1, 0.15) is 0 Å². The Morgan fingerprint density at radius 1 is 1.20 bits per heavy atom. The second kappa shape index (κ2) is 6.91. The van der Waals surface area contributed by atoms with Gasteiger partial charge in [-0.15, -0.1) is 0 Å². The molecule has 0 aliphatic heterocycles. The molecule has 1 rings (SSSR count). The third-order valence-electron chi connectivity index (χ3n) is 2.54. The number of nitrogens with zero attached hydrogens (tertiary/aromatic N) is 1. The highest BCUT2D eigenvalue weighted by Gasteiger charge is 2.19. The largest absolute Gasteiger partial charge is 0.320 e.